The number of rotatable bonds is 7. The molecular weight excluding hydrogens is 367 g/mol. The number of allylic oxidation sites excluding steroid dienone is 2. The van der Waals surface area contributed by atoms with Crippen LogP contribution in [0.2, 0.25) is 0 Å². The van der Waals surface area contributed by atoms with E-state index in [1.807, 2.05) is 30.3 Å². The first-order valence-corrected chi connectivity index (χ1v) is 9.07. The zero-order chi connectivity index (χ0) is 20.6. The lowest BCUT2D eigenvalue weighted by molar-refractivity contribution is -0.121. The van der Waals surface area contributed by atoms with E-state index in [0.717, 1.165) is 16.7 Å². The Labute approximate surface area is 168 Å². The van der Waals surface area contributed by atoms with Gasteiger partial charge >= 0.3 is 0 Å². The summed E-state index contributed by atoms with van der Waals surface area (Å²) in [6.07, 6.45) is 5.47. The van der Waals surface area contributed by atoms with Crippen LogP contribution >= 0.6 is 0 Å². The second kappa shape index (κ2) is 9.42. The monoisotopic (exact) mass is 386 g/mol. The minimum absolute atomic E-state index is 0.140. The van der Waals surface area contributed by atoms with Gasteiger partial charge in [0.05, 0.1) is 6.42 Å². The average Bonchev–Trinajstić information content (AvgIpc) is 2.72. The normalized spacial score (nSPS) is 11.2. The first kappa shape index (κ1) is 20.0. The van der Waals surface area contributed by atoms with Crippen LogP contribution in [0.4, 0.5) is 4.39 Å². The Morgan fingerprint density at radius 3 is 2.17 bits per heavy atom. The number of hydrogen-bond acceptors (Lipinski definition) is 3. The molecule has 0 saturated carbocycles. The number of phenols is 1. The van der Waals surface area contributed by atoms with Gasteiger partial charge in [-0.25, -0.2) is 4.39 Å². The zero-order valence-electron chi connectivity index (χ0n) is 15.6. The van der Waals surface area contributed by atoms with Crippen molar-refractivity contribution in [2.75, 3.05) is 0 Å². The topological polar surface area (TPSA) is 54.4 Å². The lowest BCUT2D eigenvalue weighted by Gasteiger charge is -2.06. The van der Waals surface area contributed by atoms with Crippen LogP contribution in [-0.4, -0.2) is 16.7 Å². The van der Waals surface area contributed by atoms with Crippen LogP contribution in [0.15, 0.2) is 84.9 Å². The summed E-state index contributed by atoms with van der Waals surface area (Å²) >= 11 is 0. The molecule has 4 heteroatoms. The Bertz CT molecular complexity index is 1060. The summed E-state index contributed by atoms with van der Waals surface area (Å²) in [5.41, 5.74) is 3.02. The number of phenolic OH excluding ortho intramolecular Hbond substituents is 1. The van der Waals surface area contributed by atoms with Gasteiger partial charge in [0.2, 0.25) is 0 Å². The van der Waals surface area contributed by atoms with Gasteiger partial charge in [-0.1, -0.05) is 60.7 Å². The van der Waals surface area contributed by atoms with Crippen LogP contribution in [0.1, 0.15) is 17.5 Å². The molecule has 0 amide bonds. The van der Waals surface area contributed by atoms with E-state index in [-0.39, 0.29) is 23.7 Å². The third-order valence-electron chi connectivity index (χ3n) is 4.25. The fraction of sp³-hybridized carbons (Fsp3) is 0.0400. The lowest BCUT2D eigenvalue weighted by atomic mass is 9.99. The molecule has 0 radical (unpaired) electrons. The molecule has 0 unspecified atom stereocenters. The molecule has 144 valence electrons. The summed E-state index contributed by atoms with van der Waals surface area (Å²) in [6, 6.07) is 20.2. The molecule has 0 fully saturated rings. The first-order valence-electron chi connectivity index (χ1n) is 9.07. The molecule has 0 aliphatic carbocycles. The largest absolute Gasteiger partial charge is 0.508 e. The Balaban J connectivity index is 1.68. The number of carbonyl (C=O) groups is 2. The van der Waals surface area contributed by atoms with Crippen molar-refractivity contribution in [3.05, 3.63) is 102 Å². The van der Waals surface area contributed by atoms with E-state index in [9.17, 15) is 19.1 Å². The number of aromatic hydroxyl groups is 1. The third-order valence-corrected chi connectivity index (χ3v) is 4.25. The summed E-state index contributed by atoms with van der Waals surface area (Å²) in [4.78, 5) is 24.1. The maximum atomic E-state index is 13.7. The predicted octanol–water partition coefficient (Wildman–Crippen LogP) is 5.45. The second-order valence-electron chi connectivity index (χ2n) is 6.47. The highest BCUT2D eigenvalue weighted by molar-refractivity contribution is 6.11. The molecule has 0 bridgehead atoms. The molecule has 3 nitrogen and oxygen atoms in total. The van der Waals surface area contributed by atoms with Gasteiger partial charge in [-0.05, 0) is 58.7 Å². The molecule has 1 N–H and O–H groups in total. The van der Waals surface area contributed by atoms with Gasteiger partial charge in [-0.15, -0.1) is 0 Å². The summed E-state index contributed by atoms with van der Waals surface area (Å²) in [5.74, 6) is -0.963. The Morgan fingerprint density at radius 1 is 0.828 bits per heavy atom. The quantitative estimate of drug-likeness (QED) is 0.434. The van der Waals surface area contributed by atoms with Gasteiger partial charge in [-0.2, -0.15) is 0 Å². The lowest BCUT2D eigenvalue weighted by Crippen LogP contribution is -2.02. The van der Waals surface area contributed by atoms with Crippen LogP contribution in [0, 0.1) is 5.82 Å². The molecular formula is C25H19FO3. The Kier molecular flexibility index (Phi) is 6.48. The molecule has 0 aliphatic heterocycles. The predicted molar refractivity (Wildman–Crippen MR) is 113 cm³/mol. The fourth-order valence-corrected chi connectivity index (χ4v) is 2.80. The maximum absolute atomic E-state index is 13.7. The van der Waals surface area contributed by atoms with Crippen molar-refractivity contribution < 1.29 is 19.1 Å². The molecule has 0 atom stereocenters. The van der Waals surface area contributed by atoms with Crippen LogP contribution in [0.5, 0.6) is 5.75 Å². The van der Waals surface area contributed by atoms with Crippen molar-refractivity contribution in [3.8, 4) is 16.9 Å². The highest BCUT2D eigenvalue weighted by Gasteiger charge is 2.07. The third kappa shape index (κ3) is 5.84. The maximum Gasteiger partial charge on any atom is 0.163 e. The molecule has 0 saturated heterocycles. The van der Waals surface area contributed by atoms with Crippen molar-refractivity contribution >= 4 is 23.7 Å². The average molecular weight is 386 g/mol. The van der Waals surface area contributed by atoms with Crippen molar-refractivity contribution in [2.45, 2.75) is 6.42 Å². The van der Waals surface area contributed by atoms with E-state index < -0.39 is 5.82 Å². The van der Waals surface area contributed by atoms with Gasteiger partial charge in [0.1, 0.15) is 11.6 Å². The van der Waals surface area contributed by atoms with E-state index in [1.54, 1.807) is 24.3 Å². The number of halogens is 1. The summed E-state index contributed by atoms with van der Waals surface area (Å²) in [6.45, 7) is 0. The molecule has 29 heavy (non-hydrogen) atoms. The van der Waals surface area contributed by atoms with Crippen molar-refractivity contribution in [1.82, 2.24) is 0 Å². The standard InChI is InChI=1S/C25H19FO3/c26-21-10-15-25(19-4-2-1-3-5-19)20(16-21)9-14-24(29)17-23(28)13-8-18-6-11-22(27)12-7-18/h1-16,27H,17H2/b13-8+,14-9+. The molecule has 3 rings (SSSR count). The highest BCUT2D eigenvalue weighted by Crippen LogP contribution is 2.25. The van der Waals surface area contributed by atoms with Crippen molar-refractivity contribution in [3.63, 3.8) is 0 Å². The number of hydrogen-bond donors (Lipinski definition) is 1. The SMILES string of the molecule is O=C(/C=C/c1ccc(O)cc1)CC(=O)/C=C/c1cc(F)ccc1-c1ccccc1. The van der Waals surface area contributed by atoms with Gasteiger partial charge in [0.25, 0.3) is 0 Å². The van der Waals surface area contributed by atoms with E-state index in [2.05, 4.69) is 0 Å². The molecule has 3 aromatic rings. The summed E-state index contributed by atoms with van der Waals surface area (Å²) in [7, 11) is 0. The molecule has 0 heterocycles. The second-order valence-corrected chi connectivity index (χ2v) is 6.47. The van der Waals surface area contributed by atoms with Crippen LogP contribution in [0.25, 0.3) is 23.3 Å². The summed E-state index contributed by atoms with van der Waals surface area (Å²) in [5, 5.41) is 9.25. The zero-order valence-corrected chi connectivity index (χ0v) is 15.6. The molecule has 0 aliphatic rings. The Morgan fingerprint density at radius 2 is 1.48 bits per heavy atom. The minimum Gasteiger partial charge on any atom is -0.508 e. The van der Waals surface area contributed by atoms with E-state index in [1.165, 1.54) is 42.5 Å². The number of ketones is 2. The fourth-order valence-electron chi connectivity index (χ4n) is 2.80. The van der Waals surface area contributed by atoms with Crippen molar-refractivity contribution in [1.29, 1.82) is 0 Å². The smallest absolute Gasteiger partial charge is 0.163 e. The molecule has 0 aromatic heterocycles. The Hall–Kier alpha value is -3.79. The van der Waals surface area contributed by atoms with Crippen molar-refractivity contribution in [2.24, 2.45) is 0 Å². The van der Waals surface area contributed by atoms with Gasteiger partial charge in [-0.3, -0.25) is 9.59 Å². The van der Waals surface area contributed by atoms with Crippen LogP contribution in [-0.2, 0) is 9.59 Å². The molecule has 3 aromatic carbocycles. The highest BCUT2D eigenvalue weighted by atomic mass is 19.1. The summed E-state index contributed by atoms with van der Waals surface area (Å²) < 4.78 is 13.7. The first-order chi connectivity index (χ1) is 14.0. The van der Waals surface area contributed by atoms with Gasteiger partial charge in [0.15, 0.2) is 11.6 Å². The van der Waals surface area contributed by atoms with Gasteiger partial charge < -0.3 is 5.11 Å². The minimum atomic E-state index is -0.398. The number of benzene rings is 3. The van der Waals surface area contributed by atoms with E-state index in [4.69, 9.17) is 0 Å². The molecule has 0 spiro atoms. The van der Waals surface area contributed by atoms with Crippen LogP contribution in [0.3, 0.4) is 0 Å². The van der Waals surface area contributed by atoms with E-state index >= 15 is 0 Å². The number of carbonyl (C=O) groups excluding carboxylic acids is 2. The van der Waals surface area contributed by atoms with Gasteiger partial charge in [0, 0.05) is 0 Å². The van der Waals surface area contributed by atoms with Crippen LogP contribution < -0.4 is 0 Å². The van der Waals surface area contributed by atoms with E-state index in [0.29, 0.717) is 5.56 Å².